The molecule has 2 N–H and O–H groups in total. The molecule has 0 saturated heterocycles. The van der Waals surface area contributed by atoms with E-state index in [1.54, 1.807) is 13.0 Å². The molecule has 0 aliphatic heterocycles. The number of carbonyl (C=O) groups excluding carboxylic acids is 2. The van der Waals surface area contributed by atoms with Gasteiger partial charge in [-0.2, -0.15) is 13.2 Å². The van der Waals surface area contributed by atoms with E-state index in [0.717, 1.165) is 23.8 Å². The van der Waals surface area contributed by atoms with Crippen LogP contribution in [-0.4, -0.2) is 23.1 Å². The Kier molecular flexibility index (Phi) is 5.54. The van der Waals surface area contributed by atoms with Crippen LogP contribution in [-0.2, 0) is 15.7 Å². The highest BCUT2D eigenvalue weighted by molar-refractivity contribution is 5.98. The number of alkyl halides is 3. The van der Waals surface area contributed by atoms with Crippen molar-refractivity contribution >= 4 is 17.6 Å². The van der Waals surface area contributed by atoms with Gasteiger partial charge in [0.1, 0.15) is 11.3 Å². The zero-order valence-corrected chi connectivity index (χ0v) is 13.9. The van der Waals surface area contributed by atoms with Crippen molar-refractivity contribution in [3.63, 3.8) is 0 Å². The van der Waals surface area contributed by atoms with Crippen LogP contribution in [0.1, 0.15) is 28.4 Å². The first-order chi connectivity index (χ1) is 12.1. The first-order valence-corrected chi connectivity index (χ1v) is 7.56. The molecule has 0 radical (unpaired) electrons. The molecule has 0 unspecified atom stereocenters. The summed E-state index contributed by atoms with van der Waals surface area (Å²) in [6.45, 7) is 2.99. The number of hydrogen-bond donors (Lipinski definition) is 2. The molecule has 2 aromatic carbocycles. The van der Waals surface area contributed by atoms with Crippen molar-refractivity contribution in [3.8, 4) is 5.75 Å². The quantitative estimate of drug-likeness (QED) is 0.804. The number of phenols is 1. The maximum Gasteiger partial charge on any atom is 0.416 e. The normalized spacial score (nSPS) is 12.3. The van der Waals surface area contributed by atoms with E-state index in [0.29, 0.717) is 0 Å². The van der Waals surface area contributed by atoms with Gasteiger partial charge in [-0.1, -0.05) is 12.1 Å². The Morgan fingerprint density at radius 3 is 2.46 bits per heavy atom. The molecule has 1 atom stereocenters. The Morgan fingerprint density at radius 1 is 1.15 bits per heavy atom. The van der Waals surface area contributed by atoms with Gasteiger partial charge in [-0.25, -0.2) is 4.79 Å². The van der Waals surface area contributed by atoms with E-state index in [1.165, 1.54) is 25.1 Å². The zero-order chi connectivity index (χ0) is 19.5. The van der Waals surface area contributed by atoms with Crippen LogP contribution in [0.5, 0.6) is 5.75 Å². The molecule has 2 rings (SSSR count). The van der Waals surface area contributed by atoms with E-state index in [-0.39, 0.29) is 17.0 Å². The third-order valence-corrected chi connectivity index (χ3v) is 3.48. The molecular formula is C18H16F3NO4. The topological polar surface area (TPSA) is 75.6 Å². The van der Waals surface area contributed by atoms with Gasteiger partial charge < -0.3 is 15.2 Å². The van der Waals surface area contributed by atoms with Gasteiger partial charge in [-0.15, -0.1) is 0 Å². The lowest BCUT2D eigenvalue weighted by atomic mass is 10.1. The van der Waals surface area contributed by atoms with Gasteiger partial charge in [0.15, 0.2) is 6.10 Å². The Balaban J connectivity index is 2.05. The molecule has 0 fully saturated rings. The van der Waals surface area contributed by atoms with E-state index in [2.05, 4.69) is 5.32 Å². The fourth-order valence-corrected chi connectivity index (χ4v) is 2.11. The molecule has 0 aromatic heterocycles. The summed E-state index contributed by atoms with van der Waals surface area (Å²) in [7, 11) is 0. The first kappa shape index (κ1) is 19.3. The number of esters is 1. The van der Waals surface area contributed by atoms with Crippen LogP contribution in [0.2, 0.25) is 0 Å². The number of halogens is 3. The number of anilines is 1. The summed E-state index contributed by atoms with van der Waals surface area (Å²) in [6.07, 6.45) is -5.82. The zero-order valence-electron chi connectivity index (χ0n) is 13.9. The Morgan fingerprint density at radius 2 is 1.85 bits per heavy atom. The van der Waals surface area contributed by atoms with Gasteiger partial charge in [-0.3, -0.25) is 4.79 Å². The van der Waals surface area contributed by atoms with Crippen LogP contribution < -0.4 is 5.32 Å². The van der Waals surface area contributed by atoms with Crippen molar-refractivity contribution in [1.82, 2.24) is 0 Å². The lowest BCUT2D eigenvalue weighted by Crippen LogP contribution is -2.30. The Labute approximate surface area is 147 Å². The molecule has 0 spiro atoms. The molecule has 26 heavy (non-hydrogen) atoms. The maximum absolute atomic E-state index is 12.7. The summed E-state index contributed by atoms with van der Waals surface area (Å²) >= 11 is 0. The summed E-state index contributed by atoms with van der Waals surface area (Å²) in [5.41, 5.74) is -0.376. The standard InChI is InChI=1S/C18H16F3NO4/c1-10-6-7-14(15(23)8-10)17(25)26-11(2)16(24)22-13-5-3-4-12(9-13)18(19,20)21/h3-9,11,23H,1-2H3,(H,22,24)/t11-/m1/s1. The first-order valence-electron chi connectivity index (χ1n) is 7.56. The van der Waals surface area contributed by atoms with Crippen molar-refractivity contribution in [3.05, 3.63) is 59.2 Å². The SMILES string of the molecule is Cc1ccc(C(=O)O[C@H](C)C(=O)Nc2cccc(C(F)(F)F)c2)c(O)c1. The van der Waals surface area contributed by atoms with Gasteiger partial charge in [-0.05, 0) is 49.7 Å². The van der Waals surface area contributed by atoms with Crippen LogP contribution >= 0.6 is 0 Å². The minimum Gasteiger partial charge on any atom is -0.507 e. The number of ether oxygens (including phenoxy) is 1. The lowest BCUT2D eigenvalue weighted by Gasteiger charge is -2.15. The smallest absolute Gasteiger partial charge is 0.416 e. The van der Waals surface area contributed by atoms with Crippen LogP contribution in [0.15, 0.2) is 42.5 Å². The number of aromatic hydroxyl groups is 1. The number of benzene rings is 2. The number of aryl methyl sites for hydroxylation is 1. The van der Waals surface area contributed by atoms with Crippen molar-refractivity contribution in [2.24, 2.45) is 0 Å². The number of nitrogens with one attached hydrogen (secondary N) is 1. The monoisotopic (exact) mass is 367 g/mol. The number of amides is 1. The molecule has 2 aromatic rings. The van der Waals surface area contributed by atoms with Crippen molar-refractivity contribution in [1.29, 1.82) is 0 Å². The minimum atomic E-state index is -4.54. The van der Waals surface area contributed by atoms with Gasteiger partial charge in [0, 0.05) is 5.69 Å². The van der Waals surface area contributed by atoms with E-state index in [1.807, 2.05) is 0 Å². The molecule has 0 bridgehead atoms. The highest BCUT2D eigenvalue weighted by atomic mass is 19.4. The summed E-state index contributed by atoms with van der Waals surface area (Å²) < 4.78 is 43.0. The van der Waals surface area contributed by atoms with Gasteiger partial charge in [0.2, 0.25) is 0 Å². The molecule has 8 heteroatoms. The number of carbonyl (C=O) groups is 2. The number of hydrogen-bond acceptors (Lipinski definition) is 4. The molecule has 0 saturated carbocycles. The molecule has 0 aliphatic carbocycles. The van der Waals surface area contributed by atoms with Crippen LogP contribution in [0.3, 0.4) is 0 Å². The third-order valence-electron chi connectivity index (χ3n) is 3.48. The average Bonchev–Trinajstić information content (AvgIpc) is 2.54. The second kappa shape index (κ2) is 7.47. The van der Waals surface area contributed by atoms with Gasteiger partial charge in [0.25, 0.3) is 5.91 Å². The number of rotatable bonds is 4. The summed E-state index contributed by atoms with van der Waals surface area (Å²) in [5.74, 6) is -2.01. The van der Waals surface area contributed by atoms with Gasteiger partial charge in [0.05, 0.1) is 5.56 Å². The fourth-order valence-electron chi connectivity index (χ4n) is 2.11. The summed E-state index contributed by atoms with van der Waals surface area (Å²) in [6, 6.07) is 8.39. The fraction of sp³-hybridized carbons (Fsp3) is 0.222. The van der Waals surface area contributed by atoms with Crippen molar-refractivity contribution in [2.75, 3.05) is 5.32 Å². The largest absolute Gasteiger partial charge is 0.507 e. The number of phenolic OH excluding ortho intramolecular Hbond substituents is 1. The van der Waals surface area contributed by atoms with Crippen LogP contribution in [0, 0.1) is 6.92 Å². The van der Waals surface area contributed by atoms with Gasteiger partial charge >= 0.3 is 12.1 Å². The molecule has 0 heterocycles. The average molecular weight is 367 g/mol. The third kappa shape index (κ3) is 4.75. The summed E-state index contributed by atoms with van der Waals surface area (Å²) in [5, 5.41) is 12.0. The summed E-state index contributed by atoms with van der Waals surface area (Å²) in [4.78, 5) is 24.1. The minimum absolute atomic E-state index is 0.0779. The van der Waals surface area contributed by atoms with Crippen molar-refractivity contribution < 1.29 is 32.6 Å². The van der Waals surface area contributed by atoms with E-state index < -0.39 is 29.7 Å². The second-order valence-corrected chi connectivity index (χ2v) is 5.64. The molecule has 5 nitrogen and oxygen atoms in total. The van der Waals surface area contributed by atoms with Crippen LogP contribution in [0.25, 0.3) is 0 Å². The van der Waals surface area contributed by atoms with E-state index in [4.69, 9.17) is 4.74 Å². The molecule has 0 aliphatic rings. The van der Waals surface area contributed by atoms with E-state index >= 15 is 0 Å². The molecule has 138 valence electrons. The highest BCUT2D eigenvalue weighted by Crippen LogP contribution is 2.30. The maximum atomic E-state index is 12.7. The van der Waals surface area contributed by atoms with Crippen LogP contribution in [0.4, 0.5) is 18.9 Å². The molecular weight excluding hydrogens is 351 g/mol. The predicted molar refractivity (Wildman–Crippen MR) is 87.8 cm³/mol. The Bertz CT molecular complexity index is 833. The second-order valence-electron chi connectivity index (χ2n) is 5.64. The lowest BCUT2D eigenvalue weighted by molar-refractivity contribution is -0.137. The highest BCUT2D eigenvalue weighted by Gasteiger charge is 2.30. The predicted octanol–water partition coefficient (Wildman–Crippen LogP) is 3.90. The Hall–Kier alpha value is -3.03. The van der Waals surface area contributed by atoms with Crippen molar-refractivity contribution in [2.45, 2.75) is 26.1 Å². The molecule has 1 amide bonds. The van der Waals surface area contributed by atoms with E-state index in [9.17, 15) is 27.9 Å².